The Labute approximate surface area is 261 Å². The van der Waals surface area contributed by atoms with Gasteiger partial charge in [-0.1, -0.05) is 36.4 Å². The van der Waals surface area contributed by atoms with E-state index in [2.05, 4.69) is 20.6 Å². The Balaban J connectivity index is 0.000000179. The first-order valence-electron chi connectivity index (χ1n) is 14.2. The molecule has 1 aliphatic rings. The van der Waals surface area contributed by atoms with Crippen molar-refractivity contribution in [2.75, 3.05) is 30.5 Å². The van der Waals surface area contributed by atoms with Crippen molar-refractivity contribution in [2.24, 2.45) is 0 Å². The maximum absolute atomic E-state index is 12.4. The summed E-state index contributed by atoms with van der Waals surface area (Å²) >= 11 is 0. The molecule has 2 aromatic heterocycles. The summed E-state index contributed by atoms with van der Waals surface area (Å²) in [6.07, 6.45) is 3.67. The van der Waals surface area contributed by atoms with Gasteiger partial charge in [0.25, 0.3) is 11.8 Å². The van der Waals surface area contributed by atoms with Gasteiger partial charge in [-0.3, -0.25) is 28.7 Å². The molecule has 1 fully saturated rings. The minimum Gasteiger partial charge on any atom is -0.505 e. The second-order valence-electron chi connectivity index (χ2n) is 10.9. The molecule has 0 aliphatic carbocycles. The van der Waals surface area contributed by atoms with E-state index in [1.54, 1.807) is 54.9 Å². The number of amides is 2. The third-order valence-corrected chi connectivity index (χ3v) is 9.31. The summed E-state index contributed by atoms with van der Waals surface area (Å²) < 4.78 is 19.1. The number of benzene rings is 3. The van der Waals surface area contributed by atoms with E-state index in [4.69, 9.17) is 0 Å². The molecule has 3 heterocycles. The third-order valence-electron chi connectivity index (χ3n) is 7.49. The molecule has 0 saturated carbocycles. The van der Waals surface area contributed by atoms with Crippen molar-refractivity contribution in [1.29, 1.82) is 0 Å². The maximum atomic E-state index is 12.4. The average molecular weight is 630 g/mol. The first kappa shape index (κ1) is 31.5. The fraction of sp³-hybridized carbons (Fsp3) is 0.212. The van der Waals surface area contributed by atoms with Gasteiger partial charge in [0.15, 0.2) is 11.5 Å². The second kappa shape index (κ2) is 13.4. The lowest BCUT2D eigenvalue weighted by molar-refractivity contribution is 0.0933. The van der Waals surface area contributed by atoms with Crippen molar-refractivity contribution in [3.63, 3.8) is 0 Å². The Morgan fingerprint density at radius 3 is 1.89 bits per heavy atom. The van der Waals surface area contributed by atoms with E-state index >= 15 is 0 Å². The van der Waals surface area contributed by atoms with Gasteiger partial charge in [-0.25, -0.2) is 0 Å². The highest BCUT2D eigenvalue weighted by Gasteiger charge is 2.30. The van der Waals surface area contributed by atoms with Gasteiger partial charge in [-0.2, -0.15) is 10.6 Å². The standard InChI is InChI=1S/C19H19N3O2.C14H16N2O4S/c1-22(2)15-8-5-13(6-9-15)12-21-19(24)16-10-7-14-4-3-11-20-17(14)18(16)23;17-13-11(4-3-9-2-1-6-15-12(9)13)14(18)16-10-5-7-21(19,20)8-10/h3-11,23H,12H2,1-2H3,(H,21,24);1-4,6,10,17,19-20H,5,7-8H2,(H,16,18). The van der Waals surface area contributed by atoms with Crippen molar-refractivity contribution >= 4 is 49.9 Å². The molecular weight excluding hydrogens is 594 g/mol. The van der Waals surface area contributed by atoms with Crippen molar-refractivity contribution in [2.45, 2.75) is 19.0 Å². The number of pyridine rings is 2. The molecule has 1 atom stereocenters. The van der Waals surface area contributed by atoms with Gasteiger partial charge in [-0.15, -0.1) is 0 Å². The van der Waals surface area contributed by atoms with Crippen molar-refractivity contribution in [3.8, 4) is 11.5 Å². The van der Waals surface area contributed by atoms with Crippen LogP contribution in [0.5, 0.6) is 11.5 Å². The molecule has 234 valence electrons. The van der Waals surface area contributed by atoms with Crippen LogP contribution in [-0.4, -0.2) is 72.7 Å². The molecule has 0 radical (unpaired) electrons. The first-order chi connectivity index (χ1) is 21.5. The van der Waals surface area contributed by atoms with Gasteiger partial charge in [0, 0.05) is 61.3 Å². The van der Waals surface area contributed by atoms with E-state index in [0.29, 0.717) is 29.8 Å². The maximum Gasteiger partial charge on any atom is 0.255 e. The van der Waals surface area contributed by atoms with Gasteiger partial charge in [-0.05, 0) is 48.4 Å². The normalized spacial score (nSPS) is 16.0. The number of hydrogen-bond donors (Lipinski definition) is 6. The fourth-order valence-electron chi connectivity index (χ4n) is 5.01. The lowest BCUT2D eigenvalue weighted by Crippen LogP contribution is -2.35. The lowest BCUT2D eigenvalue weighted by Gasteiger charge is -2.26. The number of hydrogen-bond acceptors (Lipinski definition) is 9. The number of nitrogens with one attached hydrogen (secondary N) is 2. The first-order valence-corrected chi connectivity index (χ1v) is 16.1. The predicted molar refractivity (Wildman–Crippen MR) is 177 cm³/mol. The summed E-state index contributed by atoms with van der Waals surface area (Å²) in [7, 11) is 1.40. The van der Waals surface area contributed by atoms with E-state index in [1.807, 2.05) is 49.3 Å². The van der Waals surface area contributed by atoms with E-state index in [-0.39, 0.29) is 40.3 Å². The van der Waals surface area contributed by atoms with Crippen LogP contribution >= 0.6 is 10.6 Å². The Morgan fingerprint density at radius 1 is 0.822 bits per heavy atom. The molecular formula is C33H35N5O6S. The summed E-state index contributed by atoms with van der Waals surface area (Å²) in [6, 6.07) is 21.5. The number of anilines is 1. The molecule has 12 heteroatoms. The van der Waals surface area contributed by atoms with Gasteiger partial charge in [0.1, 0.15) is 11.0 Å². The van der Waals surface area contributed by atoms with Gasteiger partial charge in [0.05, 0.1) is 16.9 Å². The Hall–Kier alpha value is -4.91. The highest BCUT2D eigenvalue weighted by molar-refractivity contribution is 8.24. The van der Waals surface area contributed by atoms with E-state index < -0.39 is 16.5 Å². The third kappa shape index (κ3) is 7.43. The van der Waals surface area contributed by atoms with Crippen LogP contribution in [0.2, 0.25) is 0 Å². The van der Waals surface area contributed by atoms with Crippen molar-refractivity contribution in [3.05, 3.63) is 102 Å². The van der Waals surface area contributed by atoms with Crippen molar-refractivity contribution < 1.29 is 28.9 Å². The van der Waals surface area contributed by atoms with E-state index in [1.165, 1.54) is 0 Å². The number of rotatable bonds is 6. The molecule has 0 spiro atoms. The number of carbonyl (C=O) groups excluding carboxylic acids is 2. The zero-order chi connectivity index (χ0) is 32.1. The molecule has 3 aromatic carbocycles. The summed E-state index contributed by atoms with van der Waals surface area (Å²) in [4.78, 5) is 34.8. The number of phenolic OH excluding ortho intramolecular Hbond substituents is 2. The van der Waals surface area contributed by atoms with E-state index in [0.717, 1.165) is 22.0 Å². The predicted octanol–water partition coefficient (Wildman–Crippen LogP) is 5.13. The van der Waals surface area contributed by atoms with Crippen LogP contribution in [0.1, 0.15) is 32.7 Å². The Bertz CT molecular complexity index is 1850. The summed E-state index contributed by atoms with van der Waals surface area (Å²) in [5.74, 6) is -0.517. The lowest BCUT2D eigenvalue weighted by atomic mass is 10.1. The zero-order valence-corrected chi connectivity index (χ0v) is 25.7. The monoisotopic (exact) mass is 629 g/mol. The Kier molecular flexibility index (Phi) is 9.37. The number of fused-ring (bicyclic) bond motifs is 2. The quantitative estimate of drug-likeness (QED) is 0.149. The van der Waals surface area contributed by atoms with Crippen LogP contribution in [0.15, 0.2) is 85.2 Å². The molecule has 1 aliphatic heterocycles. The average Bonchev–Trinajstić information content (AvgIpc) is 3.38. The smallest absolute Gasteiger partial charge is 0.255 e. The summed E-state index contributed by atoms with van der Waals surface area (Å²) in [6.45, 7) is 0.395. The van der Waals surface area contributed by atoms with Gasteiger partial charge < -0.3 is 25.7 Å². The number of aromatic hydroxyl groups is 2. The fourth-order valence-corrected chi connectivity index (χ4v) is 6.74. The molecule has 0 bridgehead atoms. The topological polar surface area (TPSA) is 168 Å². The minimum absolute atomic E-state index is 0.0893. The summed E-state index contributed by atoms with van der Waals surface area (Å²) in [5.41, 5.74) is 3.27. The summed E-state index contributed by atoms with van der Waals surface area (Å²) in [5, 5.41) is 27.6. The molecule has 2 amide bonds. The largest absolute Gasteiger partial charge is 0.505 e. The zero-order valence-electron chi connectivity index (χ0n) is 24.8. The molecule has 45 heavy (non-hydrogen) atoms. The van der Waals surface area contributed by atoms with Crippen LogP contribution in [0, 0.1) is 0 Å². The highest BCUT2D eigenvalue weighted by Crippen LogP contribution is 2.45. The molecule has 11 nitrogen and oxygen atoms in total. The highest BCUT2D eigenvalue weighted by atomic mass is 32.3. The molecule has 6 N–H and O–H groups in total. The number of aromatic nitrogens is 2. The number of phenols is 2. The van der Waals surface area contributed by atoms with E-state index in [9.17, 15) is 28.9 Å². The number of nitrogens with zero attached hydrogens (tertiary/aromatic N) is 3. The van der Waals surface area contributed by atoms with Crippen molar-refractivity contribution in [1.82, 2.24) is 20.6 Å². The number of carbonyl (C=O) groups is 2. The van der Waals surface area contributed by atoms with Crippen LogP contribution in [0.4, 0.5) is 5.69 Å². The van der Waals surface area contributed by atoms with Crippen LogP contribution in [0.25, 0.3) is 21.8 Å². The Morgan fingerprint density at radius 2 is 1.38 bits per heavy atom. The van der Waals surface area contributed by atoms with Crippen LogP contribution < -0.4 is 15.5 Å². The molecule has 5 aromatic rings. The second-order valence-corrected chi connectivity index (χ2v) is 13.3. The van der Waals surface area contributed by atoms with Gasteiger partial charge in [0.2, 0.25) is 0 Å². The van der Waals surface area contributed by atoms with Crippen LogP contribution in [0.3, 0.4) is 0 Å². The SMILES string of the molecule is CN(C)c1ccc(CNC(=O)c2ccc3cccnc3c2O)cc1.O=C(NC1CCS(O)(O)C1)c1ccc2cccnc2c1O. The van der Waals surface area contributed by atoms with Gasteiger partial charge >= 0.3 is 0 Å². The molecule has 6 rings (SSSR count). The molecule has 1 unspecified atom stereocenters. The van der Waals surface area contributed by atoms with Crippen LogP contribution in [-0.2, 0) is 6.54 Å². The molecule has 1 saturated heterocycles. The minimum atomic E-state index is -2.56.